The number of Topliss-reactive ketones (excluding diaryl/α,β-unsaturated/α-hetero) is 1. The Balaban J connectivity index is 1.59. The van der Waals surface area contributed by atoms with Crippen LogP contribution in [0.25, 0.3) is 0 Å². The van der Waals surface area contributed by atoms with Gasteiger partial charge in [0.05, 0.1) is 12.1 Å². The van der Waals surface area contributed by atoms with Gasteiger partial charge in [0.25, 0.3) is 0 Å². The average molecular weight is 393 g/mol. The van der Waals surface area contributed by atoms with E-state index in [4.69, 9.17) is 0 Å². The SMILES string of the molecule is O=C1CN(Cc2cccc(C(F)(F)F)c2)C(=O)C1SCCc1ccccc1. The Morgan fingerprint density at radius 2 is 1.70 bits per heavy atom. The van der Waals surface area contributed by atoms with Gasteiger partial charge in [-0.3, -0.25) is 9.59 Å². The highest BCUT2D eigenvalue weighted by Gasteiger charge is 2.39. The quantitative estimate of drug-likeness (QED) is 0.697. The number of carbonyl (C=O) groups excluding carboxylic acids is 2. The minimum absolute atomic E-state index is 0.00420. The molecule has 1 unspecified atom stereocenters. The zero-order valence-electron chi connectivity index (χ0n) is 14.4. The molecule has 1 saturated heterocycles. The number of likely N-dealkylation sites (tertiary alicyclic amines) is 1. The first kappa shape index (κ1) is 19.5. The van der Waals surface area contributed by atoms with Gasteiger partial charge >= 0.3 is 6.18 Å². The standard InChI is InChI=1S/C20H18F3NO2S/c21-20(22,23)16-8-4-7-15(11-16)12-24-13-17(25)18(19(24)26)27-10-9-14-5-2-1-3-6-14/h1-8,11,18H,9-10,12-13H2. The number of hydrogen-bond donors (Lipinski definition) is 0. The van der Waals surface area contributed by atoms with E-state index in [1.807, 2.05) is 30.3 Å². The normalized spacial score (nSPS) is 17.6. The third-order valence-electron chi connectivity index (χ3n) is 4.32. The van der Waals surface area contributed by atoms with E-state index >= 15 is 0 Å². The lowest BCUT2D eigenvalue weighted by molar-refractivity contribution is -0.137. The molecule has 7 heteroatoms. The van der Waals surface area contributed by atoms with Gasteiger partial charge in [-0.2, -0.15) is 13.2 Å². The molecule has 0 aromatic heterocycles. The lowest BCUT2D eigenvalue weighted by Gasteiger charge is -2.16. The van der Waals surface area contributed by atoms with E-state index in [1.165, 1.54) is 28.8 Å². The minimum atomic E-state index is -4.43. The number of amides is 1. The lowest BCUT2D eigenvalue weighted by atomic mass is 10.1. The number of thioether (sulfide) groups is 1. The highest BCUT2D eigenvalue weighted by Crippen LogP contribution is 2.30. The number of alkyl halides is 3. The summed E-state index contributed by atoms with van der Waals surface area (Å²) in [5, 5.41) is -0.764. The summed E-state index contributed by atoms with van der Waals surface area (Å²) in [6.45, 7) is -0.0533. The van der Waals surface area contributed by atoms with Crippen LogP contribution in [-0.2, 0) is 28.7 Å². The van der Waals surface area contributed by atoms with Gasteiger partial charge in [0.15, 0.2) is 5.78 Å². The third-order valence-corrected chi connectivity index (χ3v) is 5.56. The summed E-state index contributed by atoms with van der Waals surface area (Å²) in [4.78, 5) is 26.0. The summed E-state index contributed by atoms with van der Waals surface area (Å²) >= 11 is 1.30. The molecule has 1 fully saturated rings. The fourth-order valence-corrected chi connectivity index (χ4v) is 4.10. The first-order chi connectivity index (χ1) is 12.8. The van der Waals surface area contributed by atoms with Crippen molar-refractivity contribution in [3.63, 3.8) is 0 Å². The molecule has 27 heavy (non-hydrogen) atoms. The second kappa shape index (κ2) is 8.17. The van der Waals surface area contributed by atoms with E-state index in [-0.39, 0.29) is 24.8 Å². The number of halogens is 3. The van der Waals surface area contributed by atoms with Crippen molar-refractivity contribution in [3.05, 3.63) is 71.3 Å². The molecule has 0 saturated carbocycles. The van der Waals surface area contributed by atoms with Gasteiger partial charge < -0.3 is 4.90 Å². The van der Waals surface area contributed by atoms with E-state index in [9.17, 15) is 22.8 Å². The zero-order chi connectivity index (χ0) is 19.4. The maximum Gasteiger partial charge on any atom is 0.416 e. The van der Waals surface area contributed by atoms with Crippen molar-refractivity contribution in [1.29, 1.82) is 0 Å². The van der Waals surface area contributed by atoms with E-state index in [0.29, 0.717) is 11.3 Å². The molecule has 1 aliphatic heterocycles. The number of benzene rings is 2. The van der Waals surface area contributed by atoms with Crippen molar-refractivity contribution in [3.8, 4) is 0 Å². The molecule has 2 aromatic rings. The Labute approximate surface area is 159 Å². The molecular formula is C20H18F3NO2S. The van der Waals surface area contributed by atoms with Crippen molar-refractivity contribution in [1.82, 2.24) is 4.90 Å². The summed E-state index contributed by atoms with van der Waals surface area (Å²) in [5.74, 6) is 0.115. The zero-order valence-corrected chi connectivity index (χ0v) is 15.2. The predicted octanol–water partition coefficient (Wildman–Crippen LogP) is 3.96. The number of hydrogen-bond acceptors (Lipinski definition) is 3. The van der Waals surface area contributed by atoms with Crippen LogP contribution in [0.3, 0.4) is 0 Å². The van der Waals surface area contributed by atoms with Crippen molar-refractivity contribution >= 4 is 23.5 Å². The van der Waals surface area contributed by atoms with E-state index < -0.39 is 17.0 Å². The Kier molecular flexibility index (Phi) is 5.89. The maximum atomic E-state index is 12.8. The Morgan fingerprint density at radius 3 is 2.41 bits per heavy atom. The van der Waals surface area contributed by atoms with Gasteiger partial charge in [-0.25, -0.2) is 0 Å². The Bertz CT molecular complexity index is 823. The summed E-state index contributed by atoms with van der Waals surface area (Å²) in [7, 11) is 0. The largest absolute Gasteiger partial charge is 0.416 e. The fourth-order valence-electron chi connectivity index (χ4n) is 2.96. The molecule has 0 bridgehead atoms. The minimum Gasteiger partial charge on any atom is -0.330 e. The van der Waals surface area contributed by atoms with Crippen LogP contribution in [0, 0.1) is 0 Å². The second-order valence-corrected chi connectivity index (χ2v) is 7.56. The molecule has 1 atom stereocenters. The number of nitrogens with zero attached hydrogens (tertiary/aromatic N) is 1. The lowest BCUT2D eigenvalue weighted by Crippen LogP contribution is -2.28. The Morgan fingerprint density at radius 1 is 1.00 bits per heavy atom. The van der Waals surface area contributed by atoms with Gasteiger partial charge in [0.2, 0.25) is 5.91 Å². The molecule has 3 nitrogen and oxygen atoms in total. The van der Waals surface area contributed by atoms with Crippen LogP contribution < -0.4 is 0 Å². The molecule has 0 aliphatic carbocycles. The van der Waals surface area contributed by atoms with Gasteiger partial charge in [-0.05, 0) is 35.4 Å². The van der Waals surface area contributed by atoms with E-state index in [1.54, 1.807) is 0 Å². The summed E-state index contributed by atoms with van der Waals surface area (Å²) in [6, 6.07) is 14.6. The summed E-state index contributed by atoms with van der Waals surface area (Å²) in [6.07, 6.45) is -3.69. The van der Waals surface area contributed by atoms with Gasteiger partial charge in [-0.1, -0.05) is 42.5 Å². The highest BCUT2D eigenvalue weighted by atomic mass is 32.2. The van der Waals surface area contributed by atoms with Crippen LogP contribution in [0.4, 0.5) is 13.2 Å². The first-order valence-electron chi connectivity index (χ1n) is 8.48. The second-order valence-electron chi connectivity index (χ2n) is 6.35. The monoisotopic (exact) mass is 393 g/mol. The third kappa shape index (κ3) is 4.91. The van der Waals surface area contributed by atoms with Crippen LogP contribution in [-0.4, -0.2) is 34.1 Å². The van der Waals surface area contributed by atoms with Gasteiger partial charge in [0, 0.05) is 6.54 Å². The molecule has 2 aromatic carbocycles. The van der Waals surface area contributed by atoms with Crippen LogP contribution >= 0.6 is 11.8 Å². The predicted molar refractivity (Wildman–Crippen MR) is 98.3 cm³/mol. The Hall–Kier alpha value is -2.28. The molecule has 1 amide bonds. The van der Waals surface area contributed by atoms with Crippen molar-refractivity contribution < 1.29 is 22.8 Å². The van der Waals surface area contributed by atoms with Crippen LogP contribution in [0.15, 0.2) is 54.6 Å². The van der Waals surface area contributed by atoms with Gasteiger partial charge in [0.1, 0.15) is 5.25 Å². The molecule has 0 N–H and O–H groups in total. The van der Waals surface area contributed by atoms with Crippen molar-refractivity contribution in [2.75, 3.05) is 12.3 Å². The van der Waals surface area contributed by atoms with E-state index in [0.717, 1.165) is 24.1 Å². The molecule has 142 valence electrons. The molecular weight excluding hydrogens is 375 g/mol. The fraction of sp³-hybridized carbons (Fsp3) is 0.300. The average Bonchev–Trinajstić information content (AvgIpc) is 2.89. The van der Waals surface area contributed by atoms with Crippen LogP contribution in [0.5, 0.6) is 0 Å². The smallest absolute Gasteiger partial charge is 0.330 e. The number of aryl methyl sites for hydroxylation is 1. The number of carbonyl (C=O) groups is 2. The molecule has 1 heterocycles. The van der Waals surface area contributed by atoms with Gasteiger partial charge in [-0.15, -0.1) is 11.8 Å². The van der Waals surface area contributed by atoms with Crippen LogP contribution in [0.2, 0.25) is 0 Å². The molecule has 3 rings (SSSR count). The topological polar surface area (TPSA) is 37.4 Å². The summed E-state index contributed by atoms with van der Waals surface area (Å²) in [5.41, 5.74) is 0.733. The highest BCUT2D eigenvalue weighted by molar-refractivity contribution is 8.01. The van der Waals surface area contributed by atoms with Crippen LogP contribution in [0.1, 0.15) is 16.7 Å². The van der Waals surface area contributed by atoms with E-state index in [2.05, 4.69) is 0 Å². The maximum absolute atomic E-state index is 12.8. The number of rotatable bonds is 6. The van der Waals surface area contributed by atoms with Crippen molar-refractivity contribution in [2.45, 2.75) is 24.4 Å². The molecule has 0 spiro atoms. The first-order valence-corrected chi connectivity index (χ1v) is 9.52. The molecule has 1 aliphatic rings. The summed E-state index contributed by atoms with van der Waals surface area (Å²) < 4.78 is 38.5. The number of ketones is 1. The van der Waals surface area contributed by atoms with Crippen molar-refractivity contribution in [2.24, 2.45) is 0 Å². The molecule has 0 radical (unpaired) electrons.